The average Bonchev–Trinajstić information content (AvgIpc) is 2.41. The van der Waals surface area contributed by atoms with Gasteiger partial charge in [-0.2, -0.15) is 0 Å². The van der Waals surface area contributed by atoms with E-state index in [0.717, 1.165) is 36.3 Å². The van der Waals surface area contributed by atoms with Gasteiger partial charge in [-0.3, -0.25) is 10.1 Å². The Labute approximate surface area is 115 Å². The number of nitrogens with zero attached hydrogens (tertiary/aromatic N) is 3. The van der Waals surface area contributed by atoms with Gasteiger partial charge in [0, 0.05) is 4.90 Å². The summed E-state index contributed by atoms with van der Waals surface area (Å²) in [6.45, 7) is 0. The molecule has 0 aliphatic heterocycles. The fourth-order valence-electron chi connectivity index (χ4n) is 1.29. The van der Waals surface area contributed by atoms with E-state index in [9.17, 15) is 19.3 Å². The number of carboxylic acids is 1. The van der Waals surface area contributed by atoms with E-state index >= 15 is 0 Å². The van der Waals surface area contributed by atoms with Gasteiger partial charge in [0.25, 0.3) is 0 Å². The summed E-state index contributed by atoms with van der Waals surface area (Å²) in [7, 11) is 0. The molecule has 0 radical (unpaired) electrons. The highest BCUT2D eigenvalue weighted by molar-refractivity contribution is 7.99. The Morgan fingerprint density at radius 2 is 2.00 bits per heavy atom. The summed E-state index contributed by atoms with van der Waals surface area (Å²) in [5, 5.41) is 19.4. The molecule has 0 atom stereocenters. The van der Waals surface area contributed by atoms with Gasteiger partial charge in [-0.05, 0) is 30.0 Å². The largest absolute Gasteiger partial charge is 0.478 e. The molecule has 2 rings (SSSR count). The molecule has 0 saturated carbocycles. The SMILES string of the molecule is O=C(O)c1cc(Sc2ncc([N+](=O)[O-])cn2)ccc1F. The number of aromatic nitrogens is 2. The molecule has 0 spiro atoms. The van der Waals surface area contributed by atoms with E-state index in [2.05, 4.69) is 9.97 Å². The van der Waals surface area contributed by atoms with Gasteiger partial charge in [0.1, 0.15) is 18.2 Å². The first kappa shape index (κ1) is 13.9. The van der Waals surface area contributed by atoms with Gasteiger partial charge >= 0.3 is 11.7 Å². The first-order valence-corrected chi connectivity index (χ1v) is 5.96. The van der Waals surface area contributed by atoms with Crippen molar-refractivity contribution in [3.05, 3.63) is 52.1 Å². The third-order valence-corrected chi connectivity index (χ3v) is 3.09. The maximum Gasteiger partial charge on any atom is 0.338 e. The second kappa shape index (κ2) is 5.61. The van der Waals surface area contributed by atoms with Crippen molar-refractivity contribution in [3.63, 3.8) is 0 Å². The molecule has 2 aromatic rings. The van der Waals surface area contributed by atoms with E-state index in [1.165, 1.54) is 6.07 Å². The zero-order valence-corrected chi connectivity index (χ0v) is 10.5. The van der Waals surface area contributed by atoms with Crippen molar-refractivity contribution in [2.45, 2.75) is 10.1 Å². The zero-order valence-electron chi connectivity index (χ0n) is 9.69. The highest BCUT2D eigenvalue weighted by atomic mass is 32.2. The average molecular weight is 295 g/mol. The Morgan fingerprint density at radius 1 is 1.35 bits per heavy atom. The van der Waals surface area contributed by atoms with Gasteiger partial charge in [-0.25, -0.2) is 19.2 Å². The summed E-state index contributed by atoms with van der Waals surface area (Å²) >= 11 is 0.973. The third kappa shape index (κ3) is 3.06. The van der Waals surface area contributed by atoms with E-state index < -0.39 is 22.3 Å². The fourth-order valence-corrected chi connectivity index (χ4v) is 2.03. The lowest BCUT2D eigenvalue weighted by atomic mass is 10.2. The van der Waals surface area contributed by atoms with Crippen molar-refractivity contribution < 1.29 is 19.2 Å². The van der Waals surface area contributed by atoms with Crippen LogP contribution < -0.4 is 0 Å². The molecule has 0 unspecified atom stereocenters. The van der Waals surface area contributed by atoms with Crippen LogP contribution in [0.1, 0.15) is 10.4 Å². The molecular formula is C11H6FN3O4S. The van der Waals surface area contributed by atoms with Gasteiger partial charge in [0.15, 0.2) is 5.16 Å². The summed E-state index contributed by atoms with van der Waals surface area (Å²) in [6.07, 6.45) is 2.08. The minimum absolute atomic E-state index is 0.193. The summed E-state index contributed by atoms with van der Waals surface area (Å²) in [5.41, 5.74) is -0.711. The number of carbonyl (C=O) groups is 1. The van der Waals surface area contributed by atoms with Gasteiger partial charge < -0.3 is 5.11 Å². The number of hydrogen-bond donors (Lipinski definition) is 1. The van der Waals surface area contributed by atoms with Crippen LogP contribution in [0.3, 0.4) is 0 Å². The quantitative estimate of drug-likeness (QED) is 0.524. The first-order chi connectivity index (χ1) is 9.47. The predicted octanol–water partition coefficient (Wildman–Crippen LogP) is 2.37. The van der Waals surface area contributed by atoms with Crippen molar-refractivity contribution in [2.75, 3.05) is 0 Å². The maximum atomic E-state index is 13.2. The number of benzene rings is 1. The Bertz CT molecular complexity index is 678. The maximum absolute atomic E-state index is 13.2. The molecule has 7 nitrogen and oxygen atoms in total. The summed E-state index contributed by atoms with van der Waals surface area (Å²) < 4.78 is 13.2. The lowest BCUT2D eigenvalue weighted by molar-refractivity contribution is -0.385. The van der Waals surface area contributed by atoms with Crippen LogP contribution in [0, 0.1) is 15.9 Å². The van der Waals surface area contributed by atoms with Crippen LogP contribution in [-0.4, -0.2) is 26.0 Å². The normalized spacial score (nSPS) is 10.2. The molecule has 1 heterocycles. The number of carboxylic acid groups (broad SMARTS) is 1. The molecule has 0 aliphatic rings. The summed E-state index contributed by atoms with van der Waals surface area (Å²) in [4.78, 5) is 28.5. The second-order valence-electron chi connectivity index (χ2n) is 3.53. The number of halogens is 1. The van der Waals surface area contributed by atoms with Crippen LogP contribution in [0.15, 0.2) is 40.6 Å². The van der Waals surface area contributed by atoms with E-state index in [0.29, 0.717) is 4.90 Å². The molecule has 1 aromatic heterocycles. The topological polar surface area (TPSA) is 106 Å². The third-order valence-electron chi connectivity index (χ3n) is 2.20. The van der Waals surface area contributed by atoms with Gasteiger partial charge in [0.05, 0.1) is 10.5 Å². The molecule has 0 bridgehead atoms. The minimum atomic E-state index is -1.38. The van der Waals surface area contributed by atoms with Crippen molar-refractivity contribution in [3.8, 4) is 0 Å². The molecule has 1 N–H and O–H groups in total. The number of hydrogen-bond acceptors (Lipinski definition) is 6. The lowest BCUT2D eigenvalue weighted by Gasteiger charge is -2.02. The Kier molecular flexibility index (Phi) is 3.89. The lowest BCUT2D eigenvalue weighted by Crippen LogP contribution is -2.00. The van der Waals surface area contributed by atoms with E-state index in [4.69, 9.17) is 5.11 Å². The molecule has 0 fully saturated rings. The monoisotopic (exact) mass is 295 g/mol. The van der Waals surface area contributed by atoms with E-state index in [1.807, 2.05) is 0 Å². The zero-order chi connectivity index (χ0) is 14.7. The Balaban J connectivity index is 2.23. The number of aromatic carboxylic acids is 1. The molecule has 0 aliphatic carbocycles. The summed E-state index contributed by atoms with van der Waals surface area (Å²) in [5.74, 6) is -2.22. The molecule has 1 aromatic carbocycles. The van der Waals surface area contributed by atoms with Crippen LogP contribution in [0.4, 0.5) is 10.1 Å². The van der Waals surface area contributed by atoms with E-state index in [-0.39, 0.29) is 10.8 Å². The van der Waals surface area contributed by atoms with Crippen molar-refractivity contribution >= 4 is 23.4 Å². The number of rotatable bonds is 4. The molecular weight excluding hydrogens is 289 g/mol. The van der Waals surface area contributed by atoms with Crippen molar-refractivity contribution in [1.82, 2.24) is 9.97 Å². The fraction of sp³-hybridized carbons (Fsp3) is 0. The van der Waals surface area contributed by atoms with Crippen molar-refractivity contribution in [2.24, 2.45) is 0 Å². The van der Waals surface area contributed by atoms with Crippen LogP contribution in [0.25, 0.3) is 0 Å². The molecule has 0 amide bonds. The Hall–Kier alpha value is -2.55. The second-order valence-corrected chi connectivity index (χ2v) is 4.57. The standard InChI is InChI=1S/C11H6FN3O4S/c12-9-2-1-7(3-8(9)10(16)17)20-11-13-4-6(5-14-11)15(18)19/h1-5H,(H,16,17). The number of nitro groups is 1. The van der Waals surface area contributed by atoms with Gasteiger partial charge in [-0.15, -0.1) is 0 Å². The Morgan fingerprint density at radius 3 is 2.55 bits per heavy atom. The minimum Gasteiger partial charge on any atom is -0.478 e. The van der Waals surface area contributed by atoms with Crippen molar-refractivity contribution in [1.29, 1.82) is 0 Å². The molecule has 0 saturated heterocycles. The van der Waals surface area contributed by atoms with Crippen LogP contribution in [0.2, 0.25) is 0 Å². The van der Waals surface area contributed by atoms with Gasteiger partial charge in [0.2, 0.25) is 0 Å². The van der Waals surface area contributed by atoms with Crippen LogP contribution in [-0.2, 0) is 0 Å². The first-order valence-electron chi connectivity index (χ1n) is 5.14. The molecule has 9 heteroatoms. The summed E-state index contributed by atoms with van der Waals surface area (Å²) in [6, 6.07) is 3.54. The van der Waals surface area contributed by atoms with Crippen LogP contribution in [0.5, 0.6) is 0 Å². The van der Waals surface area contributed by atoms with Gasteiger partial charge in [-0.1, -0.05) is 0 Å². The highest BCUT2D eigenvalue weighted by Crippen LogP contribution is 2.26. The van der Waals surface area contributed by atoms with Crippen LogP contribution >= 0.6 is 11.8 Å². The predicted molar refractivity (Wildman–Crippen MR) is 66.2 cm³/mol. The molecule has 20 heavy (non-hydrogen) atoms. The van der Waals surface area contributed by atoms with E-state index in [1.54, 1.807) is 0 Å². The molecule has 102 valence electrons. The smallest absolute Gasteiger partial charge is 0.338 e. The highest BCUT2D eigenvalue weighted by Gasteiger charge is 2.13.